The van der Waals surface area contributed by atoms with E-state index in [4.69, 9.17) is 11.6 Å². The lowest BCUT2D eigenvalue weighted by molar-refractivity contribution is -0.130. The van der Waals surface area contributed by atoms with Gasteiger partial charge in [0, 0.05) is 17.6 Å². The summed E-state index contributed by atoms with van der Waals surface area (Å²) in [6.07, 6.45) is 4.01. The van der Waals surface area contributed by atoms with Gasteiger partial charge in [0.25, 0.3) is 5.91 Å². The molecule has 2 amide bonds. The molecule has 3 N–H and O–H groups in total. The van der Waals surface area contributed by atoms with Gasteiger partial charge in [0.1, 0.15) is 11.4 Å². The van der Waals surface area contributed by atoms with E-state index in [-0.39, 0.29) is 29.6 Å². The Balaban J connectivity index is 1.38. The minimum atomic E-state index is -0.463. The van der Waals surface area contributed by atoms with Gasteiger partial charge in [-0.15, -0.1) is 0 Å². The van der Waals surface area contributed by atoms with Gasteiger partial charge in [-0.3, -0.25) is 14.4 Å². The summed E-state index contributed by atoms with van der Waals surface area (Å²) >= 11 is 6.20. The average molecular weight is 466 g/mol. The number of allylic oxidation sites excluding steroid dienone is 1. The molecule has 0 atom stereocenters. The first-order valence-electron chi connectivity index (χ1n) is 11.4. The van der Waals surface area contributed by atoms with Crippen molar-refractivity contribution < 1.29 is 14.4 Å². The van der Waals surface area contributed by atoms with Gasteiger partial charge >= 0.3 is 0 Å². The van der Waals surface area contributed by atoms with Gasteiger partial charge in [-0.25, -0.2) is 0 Å². The van der Waals surface area contributed by atoms with Crippen LogP contribution in [0, 0.1) is 0 Å². The van der Waals surface area contributed by atoms with Gasteiger partial charge < -0.3 is 16.0 Å². The maximum Gasteiger partial charge on any atom is 0.270 e. The fourth-order valence-electron chi connectivity index (χ4n) is 4.55. The van der Waals surface area contributed by atoms with Gasteiger partial charge in [0.05, 0.1) is 6.42 Å². The van der Waals surface area contributed by atoms with Crippen LogP contribution in [0.4, 0.5) is 0 Å². The molecule has 2 aliphatic rings. The number of hydrogen-bond donors (Lipinski definition) is 3. The predicted molar refractivity (Wildman–Crippen MR) is 128 cm³/mol. The topological polar surface area (TPSA) is 87.3 Å². The van der Waals surface area contributed by atoms with Gasteiger partial charge in [0.2, 0.25) is 5.91 Å². The molecule has 0 unspecified atom stereocenters. The van der Waals surface area contributed by atoms with Crippen molar-refractivity contribution in [2.45, 2.75) is 50.5 Å². The Morgan fingerprint density at radius 2 is 1.67 bits per heavy atom. The number of halogens is 1. The molecule has 7 heteroatoms. The van der Waals surface area contributed by atoms with E-state index < -0.39 is 11.8 Å². The first-order valence-corrected chi connectivity index (χ1v) is 11.8. The van der Waals surface area contributed by atoms with Crippen molar-refractivity contribution in [3.05, 3.63) is 82.1 Å². The third kappa shape index (κ3) is 5.82. The highest BCUT2D eigenvalue weighted by Crippen LogP contribution is 2.32. The van der Waals surface area contributed by atoms with E-state index in [0.29, 0.717) is 23.9 Å². The lowest BCUT2D eigenvalue weighted by atomic mass is 9.82. The van der Waals surface area contributed by atoms with E-state index in [9.17, 15) is 14.4 Å². The van der Waals surface area contributed by atoms with Crippen LogP contribution in [0.3, 0.4) is 0 Å². The highest BCUT2D eigenvalue weighted by atomic mass is 35.5. The lowest BCUT2D eigenvalue weighted by Crippen LogP contribution is -2.47. The van der Waals surface area contributed by atoms with E-state index in [1.165, 1.54) is 5.56 Å². The lowest BCUT2D eigenvalue weighted by Gasteiger charge is -2.30. The zero-order chi connectivity index (χ0) is 23.2. The molecule has 0 radical (unpaired) electrons. The summed E-state index contributed by atoms with van der Waals surface area (Å²) < 4.78 is 0. The number of ketones is 1. The molecule has 1 fully saturated rings. The fourth-order valence-corrected chi connectivity index (χ4v) is 4.78. The number of rotatable bonds is 7. The summed E-state index contributed by atoms with van der Waals surface area (Å²) in [7, 11) is 0. The quantitative estimate of drug-likeness (QED) is 0.545. The smallest absolute Gasteiger partial charge is 0.270 e. The summed E-state index contributed by atoms with van der Waals surface area (Å²) in [5, 5.41) is 9.34. The molecule has 1 saturated carbocycles. The van der Waals surface area contributed by atoms with Crippen LogP contribution < -0.4 is 16.0 Å². The van der Waals surface area contributed by atoms with Crippen molar-refractivity contribution in [3.63, 3.8) is 0 Å². The van der Waals surface area contributed by atoms with Crippen molar-refractivity contribution in [2.24, 2.45) is 0 Å². The first kappa shape index (κ1) is 23.1. The number of carbonyl (C=O) groups excluding carboxylic acids is 3. The molecule has 1 aliphatic heterocycles. The van der Waals surface area contributed by atoms with E-state index >= 15 is 0 Å². The number of Topliss-reactive ketones (excluding diaryl/α,β-unsaturated/α-hetero) is 1. The minimum Gasteiger partial charge on any atom is -0.380 e. The van der Waals surface area contributed by atoms with Crippen molar-refractivity contribution in [3.8, 4) is 0 Å². The Bertz CT molecular complexity index is 1060. The van der Waals surface area contributed by atoms with Crippen LogP contribution in [-0.4, -0.2) is 30.2 Å². The molecule has 4 rings (SSSR count). The Hall–Kier alpha value is -3.12. The highest BCUT2D eigenvalue weighted by molar-refractivity contribution is 6.31. The number of hydrogen-bond acceptors (Lipinski definition) is 4. The van der Waals surface area contributed by atoms with E-state index in [1.807, 2.05) is 30.3 Å². The number of benzene rings is 2. The minimum absolute atomic E-state index is 0.0144. The second-order valence-electron chi connectivity index (χ2n) is 8.60. The van der Waals surface area contributed by atoms with E-state index in [1.54, 1.807) is 0 Å². The van der Waals surface area contributed by atoms with Crippen molar-refractivity contribution >= 4 is 29.2 Å². The molecule has 0 bridgehead atoms. The Morgan fingerprint density at radius 3 is 2.39 bits per heavy atom. The van der Waals surface area contributed by atoms with Crippen molar-refractivity contribution in [2.75, 3.05) is 6.54 Å². The van der Waals surface area contributed by atoms with Gasteiger partial charge in [-0.1, -0.05) is 60.1 Å². The molecule has 0 saturated heterocycles. The Kier molecular flexibility index (Phi) is 7.45. The molecule has 33 heavy (non-hydrogen) atoms. The van der Waals surface area contributed by atoms with Crippen LogP contribution in [0.25, 0.3) is 0 Å². The molecular weight excluding hydrogens is 438 g/mol. The van der Waals surface area contributed by atoms with E-state index in [0.717, 1.165) is 31.2 Å². The molecule has 1 aliphatic carbocycles. The number of amides is 2. The normalized spacial score (nSPS) is 20.9. The Morgan fingerprint density at radius 1 is 0.970 bits per heavy atom. The molecule has 6 nitrogen and oxygen atoms in total. The van der Waals surface area contributed by atoms with Crippen LogP contribution in [-0.2, 0) is 20.8 Å². The van der Waals surface area contributed by atoms with Crippen LogP contribution in [0.5, 0.6) is 0 Å². The molecule has 0 spiro atoms. The summed E-state index contributed by atoms with van der Waals surface area (Å²) in [5.41, 5.74) is 2.46. The zero-order valence-electron chi connectivity index (χ0n) is 18.4. The largest absolute Gasteiger partial charge is 0.380 e. The van der Waals surface area contributed by atoms with Gasteiger partial charge in [-0.05, 0) is 55.2 Å². The first-order chi connectivity index (χ1) is 16.0. The molecule has 0 aromatic heterocycles. The predicted octanol–water partition coefficient (Wildman–Crippen LogP) is 3.62. The number of carbonyl (C=O) groups is 3. The van der Waals surface area contributed by atoms with Crippen LogP contribution in [0.1, 0.15) is 49.1 Å². The molecular formula is C26H28ClN3O3. The molecule has 1 heterocycles. The van der Waals surface area contributed by atoms with Crippen LogP contribution in [0.2, 0.25) is 5.02 Å². The van der Waals surface area contributed by atoms with Crippen LogP contribution in [0.15, 0.2) is 66.0 Å². The highest BCUT2D eigenvalue weighted by Gasteiger charge is 2.31. The Labute approximate surface area is 198 Å². The maximum absolute atomic E-state index is 13.0. The van der Waals surface area contributed by atoms with Crippen molar-refractivity contribution in [1.82, 2.24) is 16.0 Å². The second kappa shape index (κ2) is 10.7. The average Bonchev–Trinajstić information content (AvgIpc) is 2.82. The summed E-state index contributed by atoms with van der Waals surface area (Å²) in [6.45, 7) is 0.416. The fraction of sp³-hybridized carbons (Fsp3) is 0.346. The molecule has 172 valence electrons. The summed E-state index contributed by atoms with van der Waals surface area (Å²) in [5.74, 6) is -0.762. The van der Waals surface area contributed by atoms with Crippen LogP contribution >= 0.6 is 11.6 Å². The summed E-state index contributed by atoms with van der Waals surface area (Å²) in [6, 6.07) is 17.9. The third-order valence-electron chi connectivity index (χ3n) is 6.33. The van der Waals surface area contributed by atoms with E-state index in [2.05, 4.69) is 40.2 Å². The SMILES string of the molecule is O=C1CC(=O)C(NCCc2ccccc2Cl)=C(C(=O)NC2CCC(c3ccccc3)CC2)N1. The second-order valence-corrected chi connectivity index (χ2v) is 9.01. The maximum atomic E-state index is 13.0. The third-order valence-corrected chi connectivity index (χ3v) is 6.70. The number of nitrogens with one attached hydrogen (secondary N) is 3. The van der Waals surface area contributed by atoms with Gasteiger partial charge in [0.15, 0.2) is 5.78 Å². The van der Waals surface area contributed by atoms with Crippen molar-refractivity contribution in [1.29, 1.82) is 0 Å². The molecule has 2 aromatic rings. The molecule has 2 aromatic carbocycles. The summed E-state index contributed by atoms with van der Waals surface area (Å²) in [4.78, 5) is 37.5. The monoisotopic (exact) mass is 465 g/mol. The zero-order valence-corrected chi connectivity index (χ0v) is 19.2. The standard InChI is InChI=1S/C26H28ClN3O3/c27-21-9-5-4-8-19(21)14-15-28-24-22(31)16-23(32)30-25(24)26(33)29-20-12-10-18(11-13-20)17-6-2-1-3-7-17/h1-9,18,20,28H,10-16H2,(H,29,33)(H,30,32). The van der Waals surface area contributed by atoms with Gasteiger partial charge in [-0.2, -0.15) is 0 Å².